The van der Waals surface area contributed by atoms with Gasteiger partial charge in [-0.1, -0.05) is 6.07 Å². The molecule has 0 amide bonds. The third kappa shape index (κ3) is 2.86. The maximum atomic E-state index is 13.6. The summed E-state index contributed by atoms with van der Waals surface area (Å²) in [5, 5.41) is 11.9. The van der Waals surface area contributed by atoms with Crippen LogP contribution in [0.25, 0.3) is 0 Å². The molecule has 0 radical (unpaired) electrons. The number of aromatic nitrogens is 1. The van der Waals surface area contributed by atoms with Crippen molar-refractivity contribution in [3.8, 4) is 6.07 Å². The number of pyridine rings is 1. The Labute approximate surface area is 109 Å². The number of halogens is 2. The SMILES string of the molecule is C[C@H](Nc1ncccc1C#N)c1ccc(F)cc1F. The van der Waals surface area contributed by atoms with E-state index < -0.39 is 17.7 Å². The number of benzene rings is 1. The normalized spacial score (nSPS) is 11.7. The Balaban J connectivity index is 2.26. The second-order valence-corrected chi connectivity index (χ2v) is 4.04. The standard InChI is InChI=1S/C14H11F2N3/c1-9(12-5-4-11(15)7-13(12)16)19-14-10(8-17)3-2-6-18-14/h2-7,9H,1H3,(H,18,19)/t9-/m0/s1. The number of rotatable bonds is 3. The lowest BCUT2D eigenvalue weighted by molar-refractivity contribution is 0.566. The van der Waals surface area contributed by atoms with Gasteiger partial charge in [-0.05, 0) is 25.1 Å². The molecule has 96 valence electrons. The number of hydrogen-bond acceptors (Lipinski definition) is 3. The monoisotopic (exact) mass is 259 g/mol. The Hall–Kier alpha value is -2.48. The average molecular weight is 259 g/mol. The minimum absolute atomic E-state index is 0.316. The highest BCUT2D eigenvalue weighted by Crippen LogP contribution is 2.22. The van der Waals surface area contributed by atoms with Crippen molar-refractivity contribution in [2.75, 3.05) is 5.32 Å². The lowest BCUT2D eigenvalue weighted by Crippen LogP contribution is -2.11. The first kappa shape index (κ1) is 13.0. The third-order valence-corrected chi connectivity index (χ3v) is 2.71. The first-order chi connectivity index (χ1) is 9.11. The van der Waals surface area contributed by atoms with Crippen molar-refractivity contribution in [2.24, 2.45) is 0 Å². The zero-order valence-electron chi connectivity index (χ0n) is 10.2. The van der Waals surface area contributed by atoms with Gasteiger partial charge in [0.25, 0.3) is 0 Å². The van der Waals surface area contributed by atoms with Crippen LogP contribution in [0.15, 0.2) is 36.5 Å². The Kier molecular flexibility index (Phi) is 3.71. The van der Waals surface area contributed by atoms with E-state index in [0.29, 0.717) is 16.9 Å². The molecule has 0 bridgehead atoms. The van der Waals surface area contributed by atoms with Crippen LogP contribution in [0.4, 0.5) is 14.6 Å². The van der Waals surface area contributed by atoms with E-state index in [1.807, 2.05) is 6.07 Å². The van der Waals surface area contributed by atoms with Gasteiger partial charge in [-0.2, -0.15) is 5.26 Å². The molecule has 1 aromatic heterocycles. The molecule has 1 N–H and O–H groups in total. The third-order valence-electron chi connectivity index (χ3n) is 2.71. The van der Waals surface area contributed by atoms with Gasteiger partial charge in [0.1, 0.15) is 23.5 Å². The molecule has 0 fully saturated rings. The molecule has 2 rings (SSSR count). The molecule has 0 saturated carbocycles. The summed E-state index contributed by atoms with van der Waals surface area (Å²) in [6.07, 6.45) is 1.54. The molecule has 0 aliphatic heterocycles. The fraction of sp³-hybridized carbons (Fsp3) is 0.143. The van der Waals surface area contributed by atoms with E-state index in [1.165, 1.54) is 18.3 Å². The second-order valence-electron chi connectivity index (χ2n) is 4.04. The molecular weight excluding hydrogens is 248 g/mol. The number of nitrogens with one attached hydrogen (secondary N) is 1. The molecule has 0 aliphatic rings. The Morgan fingerprint density at radius 3 is 2.79 bits per heavy atom. The van der Waals surface area contributed by atoms with Gasteiger partial charge >= 0.3 is 0 Å². The lowest BCUT2D eigenvalue weighted by atomic mass is 10.1. The molecule has 0 aliphatic carbocycles. The summed E-state index contributed by atoms with van der Waals surface area (Å²) in [6.45, 7) is 1.71. The highest BCUT2D eigenvalue weighted by atomic mass is 19.1. The number of nitrogens with zero attached hydrogens (tertiary/aromatic N) is 2. The van der Waals surface area contributed by atoms with Crippen LogP contribution in [0.2, 0.25) is 0 Å². The van der Waals surface area contributed by atoms with Crippen molar-refractivity contribution < 1.29 is 8.78 Å². The minimum Gasteiger partial charge on any atom is -0.362 e. The van der Waals surface area contributed by atoms with E-state index in [2.05, 4.69) is 10.3 Å². The predicted molar refractivity (Wildman–Crippen MR) is 67.3 cm³/mol. The molecule has 0 unspecified atom stereocenters. The van der Waals surface area contributed by atoms with Crippen molar-refractivity contribution >= 4 is 5.82 Å². The van der Waals surface area contributed by atoms with Crippen LogP contribution in [-0.4, -0.2) is 4.98 Å². The topological polar surface area (TPSA) is 48.7 Å². The summed E-state index contributed by atoms with van der Waals surface area (Å²) in [6, 6.07) is 8.23. The summed E-state index contributed by atoms with van der Waals surface area (Å²) in [4.78, 5) is 4.03. The molecule has 0 saturated heterocycles. The van der Waals surface area contributed by atoms with Gasteiger partial charge in [0.15, 0.2) is 0 Å². The molecule has 1 heterocycles. The zero-order chi connectivity index (χ0) is 13.8. The van der Waals surface area contributed by atoms with E-state index >= 15 is 0 Å². The van der Waals surface area contributed by atoms with Gasteiger partial charge in [0.2, 0.25) is 0 Å². The van der Waals surface area contributed by atoms with Gasteiger partial charge in [0.05, 0.1) is 11.6 Å². The largest absolute Gasteiger partial charge is 0.362 e. The van der Waals surface area contributed by atoms with Crippen molar-refractivity contribution in [2.45, 2.75) is 13.0 Å². The molecule has 1 aromatic carbocycles. The second kappa shape index (κ2) is 5.44. The zero-order valence-corrected chi connectivity index (χ0v) is 10.2. The Morgan fingerprint density at radius 2 is 2.11 bits per heavy atom. The molecule has 5 heteroatoms. The van der Waals surface area contributed by atoms with E-state index in [1.54, 1.807) is 19.1 Å². The van der Waals surface area contributed by atoms with E-state index in [-0.39, 0.29) is 0 Å². The fourth-order valence-corrected chi connectivity index (χ4v) is 1.75. The first-order valence-corrected chi connectivity index (χ1v) is 5.68. The molecule has 19 heavy (non-hydrogen) atoms. The fourth-order valence-electron chi connectivity index (χ4n) is 1.75. The van der Waals surface area contributed by atoms with Crippen molar-refractivity contribution in [3.05, 3.63) is 59.3 Å². The molecule has 3 nitrogen and oxygen atoms in total. The van der Waals surface area contributed by atoms with E-state index in [0.717, 1.165) is 6.07 Å². The van der Waals surface area contributed by atoms with Crippen LogP contribution in [0.3, 0.4) is 0 Å². The van der Waals surface area contributed by atoms with Gasteiger partial charge < -0.3 is 5.32 Å². The van der Waals surface area contributed by atoms with Crippen LogP contribution < -0.4 is 5.32 Å². The maximum absolute atomic E-state index is 13.6. The van der Waals surface area contributed by atoms with Crippen LogP contribution in [0.5, 0.6) is 0 Å². The van der Waals surface area contributed by atoms with Crippen LogP contribution >= 0.6 is 0 Å². The van der Waals surface area contributed by atoms with Crippen LogP contribution in [0, 0.1) is 23.0 Å². The Morgan fingerprint density at radius 1 is 1.32 bits per heavy atom. The number of anilines is 1. The van der Waals surface area contributed by atoms with Crippen molar-refractivity contribution in [1.82, 2.24) is 4.98 Å². The summed E-state index contributed by atoms with van der Waals surface area (Å²) in [5.41, 5.74) is 0.688. The Bertz CT molecular complexity index is 635. The molecule has 1 atom stereocenters. The molecular formula is C14H11F2N3. The highest BCUT2D eigenvalue weighted by Gasteiger charge is 2.13. The van der Waals surface area contributed by atoms with Crippen molar-refractivity contribution in [1.29, 1.82) is 5.26 Å². The lowest BCUT2D eigenvalue weighted by Gasteiger charge is -2.16. The summed E-state index contributed by atoms with van der Waals surface area (Å²) >= 11 is 0. The van der Waals surface area contributed by atoms with Crippen LogP contribution in [0.1, 0.15) is 24.1 Å². The van der Waals surface area contributed by atoms with Crippen LogP contribution in [-0.2, 0) is 0 Å². The molecule has 0 spiro atoms. The highest BCUT2D eigenvalue weighted by molar-refractivity contribution is 5.52. The predicted octanol–water partition coefficient (Wildman–Crippen LogP) is 3.40. The summed E-state index contributed by atoms with van der Waals surface area (Å²) < 4.78 is 26.5. The minimum atomic E-state index is -0.630. The number of nitriles is 1. The van der Waals surface area contributed by atoms with Gasteiger partial charge in [-0.25, -0.2) is 13.8 Å². The van der Waals surface area contributed by atoms with Gasteiger partial charge in [0, 0.05) is 17.8 Å². The summed E-state index contributed by atoms with van der Waals surface area (Å²) in [7, 11) is 0. The first-order valence-electron chi connectivity index (χ1n) is 5.68. The van der Waals surface area contributed by atoms with E-state index in [9.17, 15) is 8.78 Å². The average Bonchev–Trinajstić information content (AvgIpc) is 2.39. The smallest absolute Gasteiger partial charge is 0.144 e. The van der Waals surface area contributed by atoms with Gasteiger partial charge in [-0.15, -0.1) is 0 Å². The number of hydrogen-bond donors (Lipinski definition) is 1. The molecule has 2 aromatic rings. The maximum Gasteiger partial charge on any atom is 0.144 e. The summed E-state index contributed by atoms with van der Waals surface area (Å²) in [5.74, 6) is -0.875. The van der Waals surface area contributed by atoms with E-state index in [4.69, 9.17) is 5.26 Å². The van der Waals surface area contributed by atoms with Crippen molar-refractivity contribution in [3.63, 3.8) is 0 Å². The quantitative estimate of drug-likeness (QED) is 0.918. The van der Waals surface area contributed by atoms with Gasteiger partial charge in [-0.3, -0.25) is 0 Å².